The third-order valence-corrected chi connectivity index (χ3v) is 5.30. The summed E-state index contributed by atoms with van der Waals surface area (Å²) in [6, 6.07) is 13.7. The van der Waals surface area contributed by atoms with Crippen LogP contribution in [0.2, 0.25) is 0 Å². The van der Waals surface area contributed by atoms with Crippen LogP contribution in [0.15, 0.2) is 36.4 Å². The second-order valence-electron chi connectivity index (χ2n) is 5.59. The van der Waals surface area contributed by atoms with Crippen LogP contribution in [0.3, 0.4) is 0 Å². The van der Waals surface area contributed by atoms with Crippen molar-refractivity contribution in [2.45, 2.75) is 37.9 Å². The third kappa shape index (κ3) is 2.49. The highest BCUT2D eigenvalue weighted by Crippen LogP contribution is 2.34. The van der Waals surface area contributed by atoms with E-state index in [2.05, 4.69) is 66.2 Å². The van der Waals surface area contributed by atoms with Gasteiger partial charge in [-0.25, -0.2) is 0 Å². The maximum Gasteiger partial charge on any atom is 0.0644 e. The summed E-state index contributed by atoms with van der Waals surface area (Å²) in [5.41, 5.74) is 8.54. The van der Waals surface area contributed by atoms with Gasteiger partial charge >= 0.3 is 0 Å². The molecular weight excluding hydrogens is 296 g/mol. The minimum Gasteiger partial charge on any atom is -0.0786 e. The van der Waals surface area contributed by atoms with Crippen molar-refractivity contribution in [1.82, 2.24) is 0 Å². The molecule has 1 unspecified atom stereocenters. The summed E-state index contributed by atoms with van der Waals surface area (Å²) in [7, 11) is 0. The average Bonchev–Trinajstić information content (AvgIpc) is 2.88. The Labute approximate surface area is 124 Å². The molecule has 3 rings (SSSR count). The van der Waals surface area contributed by atoms with E-state index < -0.39 is 0 Å². The quantitative estimate of drug-likeness (QED) is 0.662. The molecule has 0 saturated carbocycles. The maximum absolute atomic E-state index is 3.86. The summed E-state index contributed by atoms with van der Waals surface area (Å²) < 4.78 is 0. The van der Waals surface area contributed by atoms with Crippen LogP contribution in [0.1, 0.15) is 44.6 Å². The number of halogens is 1. The molecule has 0 N–H and O–H groups in total. The van der Waals surface area contributed by atoms with Crippen LogP contribution in [-0.2, 0) is 12.8 Å². The first-order valence-electron chi connectivity index (χ1n) is 6.98. The number of hydrogen-bond acceptors (Lipinski definition) is 0. The Morgan fingerprint density at radius 3 is 2.32 bits per heavy atom. The van der Waals surface area contributed by atoms with Gasteiger partial charge in [0, 0.05) is 0 Å². The predicted molar refractivity (Wildman–Crippen MR) is 85.2 cm³/mol. The number of alkyl halides is 1. The largest absolute Gasteiger partial charge is 0.0786 e. The second kappa shape index (κ2) is 5.13. The van der Waals surface area contributed by atoms with Gasteiger partial charge in [0.25, 0.3) is 0 Å². The van der Waals surface area contributed by atoms with E-state index in [0.717, 1.165) is 0 Å². The molecule has 1 aliphatic carbocycles. The zero-order valence-corrected chi connectivity index (χ0v) is 13.1. The van der Waals surface area contributed by atoms with Crippen LogP contribution in [0.25, 0.3) is 0 Å². The molecule has 0 spiro atoms. The first-order chi connectivity index (χ1) is 9.15. The second-order valence-corrected chi connectivity index (χ2v) is 6.50. The van der Waals surface area contributed by atoms with Crippen molar-refractivity contribution < 1.29 is 0 Å². The fourth-order valence-electron chi connectivity index (χ4n) is 2.86. The Hall–Kier alpha value is -1.08. The van der Waals surface area contributed by atoms with E-state index in [1.54, 1.807) is 11.1 Å². The molecule has 0 aliphatic heterocycles. The van der Waals surface area contributed by atoms with Gasteiger partial charge < -0.3 is 0 Å². The third-order valence-electron chi connectivity index (χ3n) is 4.24. The van der Waals surface area contributed by atoms with Crippen molar-refractivity contribution in [3.63, 3.8) is 0 Å². The Morgan fingerprint density at radius 1 is 0.842 bits per heavy atom. The van der Waals surface area contributed by atoms with Crippen LogP contribution in [0.5, 0.6) is 0 Å². The molecule has 1 heteroatoms. The van der Waals surface area contributed by atoms with Gasteiger partial charge in [-0.05, 0) is 66.5 Å². The molecule has 0 saturated heterocycles. The lowest BCUT2D eigenvalue weighted by molar-refractivity contribution is 0.911. The summed E-state index contributed by atoms with van der Waals surface area (Å²) >= 11 is 3.86. The van der Waals surface area contributed by atoms with Gasteiger partial charge in [-0.1, -0.05) is 52.3 Å². The lowest BCUT2D eigenvalue weighted by atomic mass is 9.98. The zero-order chi connectivity index (χ0) is 13.4. The number of rotatable bonds is 2. The fourth-order valence-corrected chi connectivity index (χ4v) is 3.43. The average molecular weight is 315 g/mol. The normalized spacial score (nSPS) is 15.3. The molecule has 1 aliphatic rings. The monoisotopic (exact) mass is 314 g/mol. The maximum atomic E-state index is 3.86. The minimum absolute atomic E-state index is 0.303. The van der Waals surface area contributed by atoms with Crippen molar-refractivity contribution in [3.05, 3.63) is 69.8 Å². The molecule has 1 atom stereocenters. The van der Waals surface area contributed by atoms with E-state index in [-0.39, 0.29) is 0 Å². The first-order valence-corrected chi connectivity index (χ1v) is 7.89. The Morgan fingerprint density at radius 2 is 1.53 bits per heavy atom. The van der Waals surface area contributed by atoms with Crippen LogP contribution in [-0.4, -0.2) is 0 Å². The molecule has 98 valence electrons. The van der Waals surface area contributed by atoms with E-state index in [9.17, 15) is 0 Å². The van der Waals surface area contributed by atoms with Crippen LogP contribution >= 0.6 is 15.9 Å². The van der Waals surface area contributed by atoms with Crippen molar-refractivity contribution >= 4 is 15.9 Å². The lowest BCUT2D eigenvalue weighted by Gasteiger charge is -2.14. The first kappa shape index (κ1) is 12.9. The van der Waals surface area contributed by atoms with E-state index in [0.29, 0.717) is 4.83 Å². The summed E-state index contributed by atoms with van der Waals surface area (Å²) in [6.45, 7) is 4.35. The number of benzene rings is 2. The summed E-state index contributed by atoms with van der Waals surface area (Å²) in [4.78, 5) is 0.303. The Balaban J connectivity index is 1.94. The number of hydrogen-bond donors (Lipinski definition) is 0. The molecule has 0 heterocycles. The fraction of sp³-hybridized carbons (Fsp3) is 0.333. The molecule has 0 amide bonds. The van der Waals surface area contributed by atoms with Crippen molar-refractivity contribution in [2.75, 3.05) is 0 Å². The molecule has 2 aromatic rings. The van der Waals surface area contributed by atoms with E-state index in [1.807, 2.05) is 0 Å². The van der Waals surface area contributed by atoms with Gasteiger partial charge in [0.1, 0.15) is 0 Å². The highest BCUT2D eigenvalue weighted by Gasteiger charge is 2.15. The Bertz CT molecular complexity index is 613. The topological polar surface area (TPSA) is 0 Å². The van der Waals surface area contributed by atoms with Crippen molar-refractivity contribution in [3.8, 4) is 0 Å². The molecule has 0 bridgehead atoms. The summed E-state index contributed by atoms with van der Waals surface area (Å²) in [6.07, 6.45) is 3.82. The van der Waals surface area contributed by atoms with Gasteiger partial charge in [-0.15, -0.1) is 0 Å². The van der Waals surface area contributed by atoms with Crippen LogP contribution < -0.4 is 0 Å². The number of fused-ring (bicyclic) bond motifs is 1. The van der Waals surface area contributed by atoms with E-state index in [1.165, 1.54) is 41.5 Å². The van der Waals surface area contributed by atoms with E-state index in [4.69, 9.17) is 0 Å². The summed E-state index contributed by atoms with van der Waals surface area (Å²) in [5.74, 6) is 0. The smallest absolute Gasteiger partial charge is 0.0644 e. The molecule has 0 aromatic heterocycles. The molecular formula is C18H19Br. The zero-order valence-electron chi connectivity index (χ0n) is 11.5. The Kier molecular flexibility index (Phi) is 3.49. The van der Waals surface area contributed by atoms with Gasteiger partial charge in [-0.2, -0.15) is 0 Å². The SMILES string of the molecule is Cc1ccc(C(Br)c2ccc3c(c2)CCC3)cc1C. The lowest BCUT2D eigenvalue weighted by Crippen LogP contribution is -1.96. The molecule has 2 aromatic carbocycles. The summed E-state index contributed by atoms with van der Waals surface area (Å²) in [5, 5.41) is 0. The van der Waals surface area contributed by atoms with Crippen molar-refractivity contribution in [2.24, 2.45) is 0 Å². The minimum atomic E-state index is 0.303. The standard InChI is InChI=1S/C18H19Br/c1-12-6-7-16(10-13(12)2)18(19)17-9-8-14-4-3-5-15(14)11-17/h6-11,18H,3-5H2,1-2H3. The van der Waals surface area contributed by atoms with Gasteiger partial charge in [0.05, 0.1) is 4.83 Å². The molecule has 0 radical (unpaired) electrons. The van der Waals surface area contributed by atoms with Gasteiger partial charge in [-0.3, -0.25) is 0 Å². The van der Waals surface area contributed by atoms with Crippen molar-refractivity contribution in [1.29, 1.82) is 0 Å². The number of aryl methyl sites for hydroxylation is 4. The van der Waals surface area contributed by atoms with Crippen LogP contribution in [0.4, 0.5) is 0 Å². The molecule has 0 fully saturated rings. The molecule has 0 nitrogen and oxygen atoms in total. The van der Waals surface area contributed by atoms with Crippen LogP contribution in [0, 0.1) is 13.8 Å². The highest BCUT2D eigenvalue weighted by molar-refractivity contribution is 9.09. The predicted octanol–water partition coefficient (Wildman–Crippen LogP) is 5.28. The van der Waals surface area contributed by atoms with Gasteiger partial charge in [0.2, 0.25) is 0 Å². The highest BCUT2D eigenvalue weighted by atomic mass is 79.9. The van der Waals surface area contributed by atoms with Gasteiger partial charge in [0.15, 0.2) is 0 Å². The molecule has 19 heavy (non-hydrogen) atoms. The van der Waals surface area contributed by atoms with E-state index >= 15 is 0 Å².